The molecule has 3 rings (SSSR count). The second-order valence-corrected chi connectivity index (χ2v) is 5.84. The standard InChI is InChI=1S/C17H22N4O3/c1-21-8-7-19-16(21)15-13(4-3-9-24-15)17(22)20-11-12-10-18-6-5-14(12)23-2/h5-8,10,13,15H,3-4,9,11H2,1-2H3,(H,20,22)/t13-,15-/m1/s1. The van der Waals surface area contributed by atoms with E-state index in [2.05, 4.69) is 15.3 Å². The summed E-state index contributed by atoms with van der Waals surface area (Å²) >= 11 is 0. The van der Waals surface area contributed by atoms with Gasteiger partial charge in [0.15, 0.2) is 0 Å². The molecule has 1 amide bonds. The van der Waals surface area contributed by atoms with E-state index in [0.717, 1.165) is 24.2 Å². The summed E-state index contributed by atoms with van der Waals surface area (Å²) in [6, 6.07) is 1.78. The van der Waals surface area contributed by atoms with Crippen molar-refractivity contribution in [3.8, 4) is 5.75 Å². The number of ether oxygens (including phenoxy) is 2. The Bertz CT molecular complexity index is 701. The van der Waals surface area contributed by atoms with Gasteiger partial charge in [0.1, 0.15) is 17.7 Å². The number of nitrogens with one attached hydrogen (secondary N) is 1. The SMILES string of the molecule is COc1ccncc1CNC(=O)[C@@H]1CCCO[C@H]1c1nccn1C. The fourth-order valence-electron chi connectivity index (χ4n) is 3.02. The number of nitrogens with zero attached hydrogens (tertiary/aromatic N) is 3. The van der Waals surface area contributed by atoms with Crippen LogP contribution in [-0.4, -0.2) is 34.2 Å². The van der Waals surface area contributed by atoms with Gasteiger partial charge in [0, 0.05) is 50.6 Å². The number of imidazole rings is 1. The van der Waals surface area contributed by atoms with Crippen molar-refractivity contribution in [2.24, 2.45) is 13.0 Å². The van der Waals surface area contributed by atoms with Crippen molar-refractivity contribution in [1.29, 1.82) is 0 Å². The number of rotatable bonds is 5. The quantitative estimate of drug-likeness (QED) is 0.901. The maximum absolute atomic E-state index is 12.7. The van der Waals surface area contributed by atoms with E-state index in [4.69, 9.17) is 9.47 Å². The first-order chi connectivity index (χ1) is 11.7. The van der Waals surface area contributed by atoms with E-state index < -0.39 is 0 Å². The summed E-state index contributed by atoms with van der Waals surface area (Å²) in [6.07, 6.45) is 8.30. The highest BCUT2D eigenvalue weighted by Crippen LogP contribution is 2.32. The van der Waals surface area contributed by atoms with Crippen molar-refractivity contribution < 1.29 is 14.3 Å². The van der Waals surface area contributed by atoms with E-state index >= 15 is 0 Å². The smallest absolute Gasteiger partial charge is 0.226 e. The number of methoxy groups -OCH3 is 1. The van der Waals surface area contributed by atoms with Crippen molar-refractivity contribution in [2.75, 3.05) is 13.7 Å². The van der Waals surface area contributed by atoms with Gasteiger partial charge >= 0.3 is 0 Å². The third-order valence-electron chi connectivity index (χ3n) is 4.30. The third kappa shape index (κ3) is 3.41. The van der Waals surface area contributed by atoms with E-state index in [-0.39, 0.29) is 17.9 Å². The van der Waals surface area contributed by atoms with E-state index in [0.29, 0.717) is 18.9 Å². The molecular weight excluding hydrogens is 308 g/mol. The summed E-state index contributed by atoms with van der Waals surface area (Å²) in [7, 11) is 3.52. The molecule has 128 valence electrons. The fourth-order valence-corrected chi connectivity index (χ4v) is 3.02. The van der Waals surface area contributed by atoms with E-state index in [9.17, 15) is 4.79 Å². The van der Waals surface area contributed by atoms with Crippen LogP contribution in [0.5, 0.6) is 5.75 Å². The molecule has 7 nitrogen and oxygen atoms in total. The Labute approximate surface area is 141 Å². The zero-order valence-electron chi connectivity index (χ0n) is 13.9. The largest absolute Gasteiger partial charge is 0.496 e. The molecule has 1 saturated heterocycles. The topological polar surface area (TPSA) is 78.3 Å². The van der Waals surface area contributed by atoms with E-state index in [1.165, 1.54) is 0 Å². The van der Waals surface area contributed by atoms with Gasteiger partial charge in [0.25, 0.3) is 0 Å². The van der Waals surface area contributed by atoms with Crippen LogP contribution < -0.4 is 10.1 Å². The molecule has 1 aliphatic heterocycles. The van der Waals surface area contributed by atoms with Crippen molar-refractivity contribution in [2.45, 2.75) is 25.5 Å². The number of aryl methyl sites for hydroxylation is 1. The van der Waals surface area contributed by atoms with Gasteiger partial charge in [-0.25, -0.2) is 4.98 Å². The summed E-state index contributed by atoms with van der Waals surface area (Å²) < 4.78 is 13.0. The highest BCUT2D eigenvalue weighted by molar-refractivity contribution is 5.79. The Kier molecular flexibility index (Phi) is 5.10. The first kappa shape index (κ1) is 16.4. The lowest BCUT2D eigenvalue weighted by molar-refractivity contribution is -0.135. The maximum atomic E-state index is 12.7. The Morgan fingerprint density at radius 3 is 3.12 bits per heavy atom. The molecule has 1 fully saturated rings. The Hall–Kier alpha value is -2.41. The molecule has 0 aliphatic carbocycles. The number of carbonyl (C=O) groups excluding carboxylic acids is 1. The molecule has 0 unspecified atom stereocenters. The molecule has 0 aromatic carbocycles. The molecule has 2 aromatic heterocycles. The Morgan fingerprint density at radius 2 is 2.38 bits per heavy atom. The van der Waals surface area contributed by atoms with Crippen LogP contribution in [0.25, 0.3) is 0 Å². The fraction of sp³-hybridized carbons (Fsp3) is 0.471. The van der Waals surface area contributed by atoms with Gasteiger partial charge in [0.2, 0.25) is 5.91 Å². The summed E-state index contributed by atoms with van der Waals surface area (Å²) in [6.45, 7) is 1.03. The minimum Gasteiger partial charge on any atom is -0.496 e. The van der Waals surface area contributed by atoms with E-state index in [1.807, 2.05) is 17.8 Å². The molecular formula is C17H22N4O3. The molecule has 0 bridgehead atoms. The van der Waals surface area contributed by atoms with Gasteiger partial charge in [-0.3, -0.25) is 9.78 Å². The van der Waals surface area contributed by atoms with Crippen LogP contribution in [0, 0.1) is 5.92 Å². The van der Waals surface area contributed by atoms with Gasteiger partial charge in [-0.05, 0) is 18.9 Å². The predicted octanol–water partition coefficient (Wildman–Crippen LogP) is 1.61. The number of amides is 1. The highest BCUT2D eigenvalue weighted by Gasteiger charge is 2.35. The summed E-state index contributed by atoms with van der Waals surface area (Å²) in [4.78, 5) is 21.1. The monoisotopic (exact) mass is 330 g/mol. The van der Waals surface area contributed by atoms with Crippen LogP contribution in [0.1, 0.15) is 30.3 Å². The molecule has 24 heavy (non-hydrogen) atoms. The zero-order chi connectivity index (χ0) is 16.9. The van der Waals surface area contributed by atoms with Gasteiger partial charge in [-0.2, -0.15) is 0 Å². The number of hydrogen-bond acceptors (Lipinski definition) is 5. The molecule has 3 heterocycles. The number of carbonyl (C=O) groups is 1. The average Bonchev–Trinajstić information content (AvgIpc) is 3.05. The van der Waals surface area contributed by atoms with Crippen LogP contribution in [0.3, 0.4) is 0 Å². The normalized spacial score (nSPS) is 20.6. The zero-order valence-corrected chi connectivity index (χ0v) is 13.9. The molecule has 7 heteroatoms. The van der Waals surface area contributed by atoms with Crippen LogP contribution in [0.2, 0.25) is 0 Å². The summed E-state index contributed by atoms with van der Waals surface area (Å²) in [5.74, 6) is 1.22. The van der Waals surface area contributed by atoms with Gasteiger partial charge in [-0.1, -0.05) is 0 Å². The second kappa shape index (κ2) is 7.44. The van der Waals surface area contributed by atoms with Crippen molar-refractivity contribution in [1.82, 2.24) is 19.9 Å². The van der Waals surface area contributed by atoms with E-state index in [1.54, 1.807) is 31.8 Å². The Balaban J connectivity index is 1.69. The second-order valence-electron chi connectivity index (χ2n) is 5.84. The first-order valence-electron chi connectivity index (χ1n) is 8.04. The first-order valence-corrected chi connectivity index (χ1v) is 8.04. The van der Waals surface area contributed by atoms with Crippen LogP contribution >= 0.6 is 0 Å². The molecule has 0 spiro atoms. The van der Waals surface area contributed by atoms with Crippen molar-refractivity contribution in [3.63, 3.8) is 0 Å². The summed E-state index contributed by atoms with van der Waals surface area (Å²) in [5.41, 5.74) is 0.846. The molecule has 2 atom stereocenters. The Morgan fingerprint density at radius 1 is 1.50 bits per heavy atom. The summed E-state index contributed by atoms with van der Waals surface area (Å²) in [5, 5.41) is 2.98. The minimum atomic E-state index is -0.311. The maximum Gasteiger partial charge on any atom is 0.226 e. The highest BCUT2D eigenvalue weighted by atomic mass is 16.5. The lowest BCUT2D eigenvalue weighted by atomic mass is 9.92. The number of aromatic nitrogens is 3. The van der Waals surface area contributed by atoms with Crippen LogP contribution in [0.4, 0.5) is 0 Å². The van der Waals surface area contributed by atoms with Gasteiger partial charge in [-0.15, -0.1) is 0 Å². The molecule has 0 saturated carbocycles. The van der Waals surface area contributed by atoms with Crippen LogP contribution in [0.15, 0.2) is 30.9 Å². The number of pyridine rings is 1. The minimum absolute atomic E-state index is 0.0337. The molecule has 0 radical (unpaired) electrons. The van der Waals surface area contributed by atoms with Gasteiger partial charge < -0.3 is 19.4 Å². The lowest BCUT2D eigenvalue weighted by Gasteiger charge is -2.30. The predicted molar refractivity (Wildman–Crippen MR) is 87.3 cm³/mol. The van der Waals surface area contributed by atoms with Gasteiger partial charge in [0.05, 0.1) is 13.0 Å². The lowest BCUT2D eigenvalue weighted by Crippen LogP contribution is -2.38. The molecule has 2 aromatic rings. The molecule has 1 aliphatic rings. The van der Waals surface area contributed by atoms with Crippen molar-refractivity contribution in [3.05, 3.63) is 42.2 Å². The molecule has 1 N–H and O–H groups in total. The van der Waals surface area contributed by atoms with Crippen molar-refractivity contribution >= 4 is 5.91 Å². The average molecular weight is 330 g/mol. The van der Waals surface area contributed by atoms with Crippen LogP contribution in [-0.2, 0) is 23.1 Å². The number of hydrogen-bond donors (Lipinski definition) is 1. The third-order valence-corrected chi connectivity index (χ3v) is 4.30.